The predicted molar refractivity (Wildman–Crippen MR) is 231 cm³/mol. The SMILES string of the molecule is COc1cc(N/N=C2/C(=O)c3ccc(NC(=O)Nc4ccc5c(c4)C=C(S(=O)(=O)O)/C(=N\Nc4ccc6cc(S(=O)(=O)O)ccc6c4)C5=O)cc3C=C2S(=O)(=O)O)c(C)cc1N. The number of hydrazone groups is 2. The molecule has 0 fully saturated rings. The molecule has 0 atom stereocenters. The molecule has 318 valence electrons. The predicted octanol–water partition coefficient (Wildman–Crippen LogP) is 5.42. The first-order chi connectivity index (χ1) is 29.1. The van der Waals surface area contributed by atoms with E-state index in [0.717, 1.165) is 12.2 Å². The second kappa shape index (κ2) is 16.0. The van der Waals surface area contributed by atoms with Crippen LogP contribution in [0.4, 0.5) is 33.2 Å². The standard InChI is InChI=1S/C39H31N7O13S3/c1-19-11-30(40)32(59-2)18-31(19)44-46-36-34(62(56,57)58)17-23-14-25(7-10-29(23)38(36)48)42-39(49)41-24-6-9-28-22(13-24)16-33(61(53,54)55)35(37(28)47)45-43-26-5-3-21-15-27(60(50,51)52)8-4-20(21)12-26/h3-18,43-44H,40H2,1-2H3,(H2,41,42,49)(H,50,51,52)(H,53,54,55)(H,56,57,58)/b45-35+,46-36+. The Morgan fingerprint density at radius 3 is 1.65 bits per heavy atom. The van der Waals surface area contributed by atoms with Crippen LogP contribution in [-0.2, 0) is 30.4 Å². The summed E-state index contributed by atoms with van der Waals surface area (Å²) in [6.45, 7) is 1.68. The average Bonchev–Trinajstić information content (AvgIpc) is 3.19. The second-order valence-electron chi connectivity index (χ2n) is 13.6. The van der Waals surface area contributed by atoms with Crippen LogP contribution in [-0.4, -0.2) is 75.0 Å². The number of hydrogen-bond donors (Lipinski definition) is 8. The number of nitrogen functional groups attached to an aromatic ring is 1. The second-order valence-corrected chi connectivity index (χ2v) is 17.8. The molecule has 23 heteroatoms. The number of benzene rings is 5. The first kappa shape index (κ1) is 42.8. The number of ketones is 2. The van der Waals surface area contributed by atoms with E-state index in [1.165, 1.54) is 86.0 Å². The Hall–Kier alpha value is -7.28. The van der Waals surface area contributed by atoms with Crippen LogP contribution in [0.25, 0.3) is 22.9 Å². The van der Waals surface area contributed by atoms with Crippen molar-refractivity contribution in [3.8, 4) is 5.75 Å². The fraction of sp³-hybridized carbons (Fsp3) is 0.0513. The van der Waals surface area contributed by atoms with Crippen LogP contribution in [0.5, 0.6) is 5.75 Å². The van der Waals surface area contributed by atoms with Gasteiger partial charge in [-0.2, -0.15) is 35.5 Å². The fourth-order valence-corrected chi connectivity index (χ4v) is 8.26. The molecule has 0 unspecified atom stereocenters. The Balaban J connectivity index is 1.09. The highest BCUT2D eigenvalue weighted by Crippen LogP contribution is 2.32. The van der Waals surface area contributed by atoms with Gasteiger partial charge >= 0.3 is 6.03 Å². The Kier molecular flexibility index (Phi) is 11.0. The smallest absolute Gasteiger partial charge is 0.323 e. The van der Waals surface area contributed by atoms with Crippen molar-refractivity contribution in [3.05, 3.63) is 123 Å². The van der Waals surface area contributed by atoms with E-state index in [2.05, 4.69) is 31.7 Å². The molecular weight excluding hydrogens is 871 g/mol. The van der Waals surface area contributed by atoms with Crippen molar-refractivity contribution in [1.82, 2.24) is 0 Å². The molecule has 7 rings (SSSR count). The molecule has 0 spiro atoms. The summed E-state index contributed by atoms with van der Waals surface area (Å²) in [5.41, 5.74) is 11.4. The van der Waals surface area contributed by atoms with E-state index in [-0.39, 0.29) is 50.0 Å². The van der Waals surface area contributed by atoms with Crippen molar-refractivity contribution in [3.63, 3.8) is 0 Å². The van der Waals surface area contributed by atoms with Crippen LogP contribution in [0.15, 0.2) is 110 Å². The zero-order valence-electron chi connectivity index (χ0n) is 31.9. The Morgan fingerprint density at radius 2 is 1.13 bits per heavy atom. The normalized spacial score (nSPS) is 15.4. The lowest BCUT2D eigenvalue weighted by Crippen LogP contribution is -2.27. The van der Waals surface area contributed by atoms with Gasteiger partial charge in [0.15, 0.2) is 11.4 Å². The number of amides is 2. The summed E-state index contributed by atoms with van der Waals surface area (Å²) < 4.78 is 107. The topological polar surface area (TPSA) is 322 Å². The number of anilines is 5. The number of urea groups is 1. The first-order valence-corrected chi connectivity index (χ1v) is 21.9. The molecule has 5 aromatic carbocycles. The van der Waals surface area contributed by atoms with Crippen LogP contribution < -0.4 is 32.0 Å². The lowest BCUT2D eigenvalue weighted by molar-refractivity contribution is 0.105. The van der Waals surface area contributed by atoms with Gasteiger partial charge in [0.05, 0.1) is 29.1 Å². The van der Waals surface area contributed by atoms with Gasteiger partial charge < -0.3 is 21.1 Å². The van der Waals surface area contributed by atoms with E-state index >= 15 is 0 Å². The Bertz CT molecular complexity index is 3290. The molecule has 62 heavy (non-hydrogen) atoms. The monoisotopic (exact) mass is 901 g/mol. The van der Waals surface area contributed by atoms with E-state index < -0.39 is 69.2 Å². The number of carbonyl (C=O) groups excluding carboxylic acids is 3. The number of carbonyl (C=O) groups is 3. The summed E-state index contributed by atoms with van der Waals surface area (Å²) in [7, 11) is -13.1. The minimum Gasteiger partial charge on any atom is -0.495 e. The maximum Gasteiger partial charge on any atom is 0.323 e. The van der Waals surface area contributed by atoms with Crippen molar-refractivity contribution >= 4 is 111 Å². The van der Waals surface area contributed by atoms with Crippen molar-refractivity contribution in [1.29, 1.82) is 0 Å². The number of aryl methyl sites for hydroxylation is 1. The summed E-state index contributed by atoms with van der Waals surface area (Å²) >= 11 is 0. The van der Waals surface area contributed by atoms with Gasteiger partial charge in [-0.15, -0.1) is 0 Å². The molecule has 0 aromatic heterocycles. The molecule has 0 aliphatic heterocycles. The molecule has 9 N–H and O–H groups in total. The zero-order chi connectivity index (χ0) is 44.9. The third-order valence-corrected chi connectivity index (χ3v) is 12.0. The number of Topliss-reactive ketones (excluding diaryl/α,β-unsaturated/α-hetero) is 2. The summed E-state index contributed by atoms with van der Waals surface area (Å²) in [4.78, 5) is 38.2. The van der Waals surface area contributed by atoms with E-state index in [0.29, 0.717) is 27.7 Å². The van der Waals surface area contributed by atoms with Gasteiger partial charge in [0.1, 0.15) is 15.6 Å². The molecule has 2 aliphatic carbocycles. The van der Waals surface area contributed by atoms with Crippen molar-refractivity contribution < 1.29 is 58.0 Å². The molecule has 0 heterocycles. The Morgan fingerprint density at radius 1 is 0.629 bits per heavy atom. The molecule has 5 aromatic rings. The van der Waals surface area contributed by atoms with Crippen LogP contribution in [0.1, 0.15) is 37.4 Å². The van der Waals surface area contributed by atoms with E-state index in [9.17, 15) is 53.3 Å². The van der Waals surface area contributed by atoms with E-state index in [1.54, 1.807) is 13.0 Å². The molecule has 20 nitrogen and oxygen atoms in total. The third kappa shape index (κ3) is 8.78. The van der Waals surface area contributed by atoms with Crippen molar-refractivity contribution in [2.75, 3.05) is 34.3 Å². The average molecular weight is 902 g/mol. The zero-order valence-corrected chi connectivity index (χ0v) is 34.3. The van der Waals surface area contributed by atoms with Crippen LogP contribution >= 0.6 is 0 Å². The van der Waals surface area contributed by atoms with Crippen molar-refractivity contribution in [2.24, 2.45) is 10.2 Å². The van der Waals surface area contributed by atoms with Gasteiger partial charge in [0.25, 0.3) is 30.4 Å². The van der Waals surface area contributed by atoms with Crippen LogP contribution in [0.3, 0.4) is 0 Å². The molecule has 2 aliphatic rings. The number of allylic oxidation sites excluding steroid dienone is 2. The third-order valence-electron chi connectivity index (χ3n) is 9.41. The number of nitrogens with two attached hydrogens (primary N) is 1. The minimum absolute atomic E-state index is 0.00690. The lowest BCUT2D eigenvalue weighted by atomic mass is 9.94. The summed E-state index contributed by atoms with van der Waals surface area (Å²) in [5, 5.41) is 13.9. The largest absolute Gasteiger partial charge is 0.495 e. The number of rotatable bonds is 10. The number of ether oxygens (including phenoxy) is 1. The van der Waals surface area contributed by atoms with Gasteiger partial charge in [0.2, 0.25) is 11.6 Å². The van der Waals surface area contributed by atoms with Gasteiger partial charge in [0, 0.05) is 28.6 Å². The molecule has 0 bridgehead atoms. The van der Waals surface area contributed by atoms with E-state index in [1.807, 2.05) is 0 Å². The number of methoxy groups -OCH3 is 1. The highest BCUT2D eigenvalue weighted by atomic mass is 32.2. The number of nitrogens with one attached hydrogen (secondary N) is 4. The van der Waals surface area contributed by atoms with Gasteiger partial charge in [-0.3, -0.25) is 34.1 Å². The quantitative estimate of drug-likeness (QED) is 0.0493. The number of fused-ring (bicyclic) bond motifs is 3. The summed E-state index contributed by atoms with van der Waals surface area (Å²) in [6.07, 6.45) is 1.98. The Labute approximate surface area is 352 Å². The fourth-order valence-electron chi connectivity index (χ4n) is 6.43. The molecule has 0 saturated heterocycles. The number of hydrogen-bond acceptors (Lipinski definition) is 15. The number of nitrogens with zero attached hydrogens (tertiary/aromatic N) is 2. The van der Waals surface area contributed by atoms with Gasteiger partial charge in [-0.25, -0.2) is 4.79 Å². The molecule has 0 saturated carbocycles. The maximum absolute atomic E-state index is 13.5. The van der Waals surface area contributed by atoms with Gasteiger partial charge in [-0.1, -0.05) is 12.1 Å². The van der Waals surface area contributed by atoms with Crippen molar-refractivity contribution in [2.45, 2.75) is 11.8 Å². The van der Waals surface area contributed by atoms with E-state index in [4.69, 9.17) is 10.5 Å². The molecule has 0 radical (unpaired) electrons. The van der Waals surface area contributed by atoms with Crippen LogP contribution in [0.2, 0.25) is 0 Å². The lowest BCUT2D eigenvalue weighted by Gasteiger charge is -2.18. The van der Waals surface area contributed by atoms with Crippen LogP contribution in [0, 0.1) is 6.92 Å². The molecule has 2 amide bonds. The van der Waals surface area contributed by atoms with Gasteiger partial charge in [-0.05, 0) is 113 Å². The highest BCUT2D eigenvalue weighted by molar-refractivity contribution is 7.91. The molecular formula is C39H31N7O13S3. The maximum atomic E-state index is 13.5. The highest BCUT2D eigenvalue weighted by Gasteiger charge is 2.34. The summed E-state index contributed by atoms with van der Waals surface area (Å²) in [6, 6.07) is 18.3. The summed E-state index contributed by atoms with van der Waals surface area (Å²) in [5.74, 6) is -1.48. The minimum atomic E-state index is -5.05. The first-order valence-electron chi connectivity index (χ1n) is 17.6.